The Hall–Kier alpha value is -3.61. The Morgan fingerprint density at radius 3 is 2.24 bits per heavy atom. The van der Waals surface area contributed by atoms with Gasteiger partial charge in [0.1, 0.15) is 13.2 Å². The number of fused-ring (bicyclic) bond motifs is 3. The van der Waals surface area contributed by atoms with Crippen LogP contribution in [-0.2, 0) is 13.1 Å². The lowest BCUT2D eigenvalue weighted by Crippen LogP contribution is -2.22. The highest BCUT2D eigenvalue weighted by Crippen LogP contribution is 2.30. The van der Waals surface area contributed by atoms with E-state index in [1.54, 1.807) is 39.7 Å². The lowest BCUT2D eigenvalue weighted by atomic mass is 10.1. The van der Waals surface area contributed by atoms with Gasteiger partial charge in [-0.15, -0.1) is 0 Å². The molecule has 7 heteroatoms. The number of hydrogen-bond donors (Lipinski definition) is 0. The van der Waals surface area contributed by atoms with Gasteiger partial charge in [-0.05, 0) is 42.8 Å². The predicted octanol–water partition coefficient (Wildman–Crippen LogP) is 2.55. The number of ether oxygens (including phenoxy) is 2. The van der Waals surface area contributed by atoms with E-state index in [2.05, 4.69) is 4.98 Å². The van der Waals surface area contributed by atoms with Crippen molar-refractivity contribution in [1.29, 1.82) is 0 Å². The second kappa shape index (κ2) is 6.77. The Morgan fingerprint density at radius 1 is 0.862 bits per heavy atom. The summed E-state index contributed by atoms with van der Waals surface area (Å²) in [6, 6.07) is 10.9. The number of benzene rings is 1. The summed E-state index contributed by atoms with van der Waals surface area (Å²) in [6.45, 7) is 3.91. The van der Waals surface area contributed by atoms with Crippen LogP contribution in [0.3, 0.4) is 0 Å². The van der Waals surface area contributed by atoms with Gasteiger partial charge in [-0.2, -0.15) is 0 Å². The van der Waals surface area contributed by atoms with Gasteiger partial charge in [-0.1, -0.05) is 6.07 Å². The first kappa shape index (κ1) is 17.5. The van der Waals surface area contributed by atoms with Crippen LogP contribution in [0.4, 0.5) is 0 Å². The molecule has 0 fully saturated rings. The fourth-order valence-corrected chi connectivity index (χ4v) is 3.66. The zero-order valence-electron chi connectivity index (χ0n) is 15.9. The second-order valence-corrected chi connectivity index (χ2v) is 6.99. The van der Waals surface area contributed by atoms with Gasteiger partial charge in [-0.25, -0.2) is 4.98 Å². The molecule has 0 atom stereocenters. The Labute approximate surface area is 165 Å². The monoisotopic (exact) mass is 389 g/mol. The van der Waals surface area contributed by atoms with Crippen LogP contribution < -0.4 is 20.6 Å². The molecular weight excluding hydrogens is 370 g/mol. The normalized spacial score (nSPS) is 13.1. The fraction of sp³-hybridized carbons (Fsp3) is 0.227. The van der Waals surface area contributed by atoms with E-state index in [1.165, 1.54) is 0 Å². The van der Waals surface area contributed by atoms with Gasteiger partial charge in [0.15, 0.2) is 11.5 Å². The summed E-state index contributed by atoms with van der Waals surface area (Å²) in [5.41, 5.74) is 1.78. The van der Waals surface area contributed by atoms with Crippen molar-refractivity contribution in [2.45, 2.75) is 20.0 Å². The first-order chi connectivity index (χ1) is 14.1. The molecule has 4 aromatic rings. The number of pyridine rings is 3. The third-order valence-corrected chi connectivity index (χ3v) is 5.19. The second-order valence-electron chi connectivity index (χ2n) is 6.99. The first-order valence-electron chi connectivity index (χ1n) is 9.56. The number of aromatic nitrogens is 3. The molecular formula is C22H19N3O4. The molecule has 1 aliphatic rings. The van der Waals surface area contributed by atoms with Crippen LogP contribution in [0, 0.1) is 0 Å². The fourth-order valence-electron chi connectivity index (χ4n) is 3.66. The molecule has 146 valence electrons. The molecule has 0 radical (unpaired) electrons. The number of hydrogen-bond acceptors (Lipinski definition) is 5. The highest BCUT2D eigenvalue weighted by Gasteiger charge is 2.13. The predicted molar refractivity (Wildman–Crippen MR) is 110 cm³/mol. The highest BCUT2D eigenvalue weighted by molar-refractivity contribution is 5.91. The minimum absolute atomic E-state index is 0.138. The maximum atomic E-state index is 13.1. The van der Waals surface area contributed by atoms with Gasteiger partial charge in [0, 0.05) is 18.9 Å². The van der Waals surface area contributed by atoms with Crippen molar-refractivity contribution in [3.8, 4) is 11.5 Å². The molecule has 0 unspecified atom stereocenters. The summed E-state index contributed by atoms with van der Waals surface area (Å²) < 4.78 is 14.4. The van der Waals surface area contributed by atoms with Gasteiger partial charge < -0.3 is 18.6 Å². The SMILES string of the molecule is CCn1ccc2nc3ccn(Cc4ccc5c(c4)OCCO5)c(=O)c3cc2c1=O. The first-order valence-corrected chi connectivity index (χ1v) is 9.56. The van der Waals surface area contributed by atoms with Crippen LogP contribution in [0.1, 0.15) is 12.5 Å². The minimum Gasteiger partial charge on any atom is -0.486 e. The maximum Gasteiger partial charge on any atom is 0.260 e. The van der Waals surface area contributed by atoms with Gasteiger partial charge in [0.25, 0.3) is 11.1 Å². The quantitative estimate of drug-likeness (QED) is 0.504. The maximum absolute atomic E-state index is 13.1. The Morgan fingerprint density at radius 2 is 1.52 bits per heavy atom. The molecule has 29 heavy (non-hydrogen) atoms. The molecule has 3 aromatic heterocycles. The van der Waals surface area contributed by atoms with Gasteiger partial charge in [-0.3, -0.25) is 9.59 Å². The van der Waals surface area contributed by atoms with Crippen molar-refractivity contribution in [2.24, 2.45) is 0 Å². The Balaban J connectivity index is 1.61. The molecule has 1 aromatic carbocycles. The topological polar surface area (TPSA) is 75.3 Å². The largest absolute Gasteiger partial charge is 0.486 e. The number of rotatable bonds is 3. The third-order valence-electron chi connectivity index (χ3n) is 5.19. The van der Waals surface area contributed by atoms with Crippen LogP contribution in [0.15, 0.2) is 58.4 Å². The molecule has 0 aliphatic carbocycles. The van der Waals surface area contributed by atoms with Crippen molar-refractivity contribution >= 4 is 21.8 Å². The minimum atomic E-state index is -0.182. The molecule has 0 amide bonds. The van der Waals surface area contributed by atoms with E-state index in [4.69, 9.17) is 9.47 Å². The van der Waals surface area contributed by atoms with E-state index in [-0.39, 0.29) is 11.1 Å². The zero-order valence-corrected chi connectivity index (χ0v) is 15.9. The average molecular weight is 389 g/mol. The molecule has 4 heterocycles. The van der Waals surface area contributed by atoms with E-state index in [1.807, 2.05) is 25.1 Å². The van der Waals surface area contributed by atoms with Crippen molar-refractivity contribution in [3.63, 3.8) is 0 Å². The summed E-state index contributed by atoms with van der Waals surface area (Å²) in [4.78, 5) is 30.2. The smallest absolute Gasteiger partial charge is 0.260 e. The molecule has 7 nitrogen and oxygen atoms in total. The molecule has 0 saturated heterocycles. The third kappa shape index (κ3) is 2.95. The average Bonchev–Trinajstić information content (AvgIpc) is 2.75. The lowest BCUT2D eigenvalue weighted by Gasteiger charge is -2.19. The van der Waals surface area contributed by atoms with Crippen LogP contribution in [0.5, 0.6) is 11.5 Å². The molecule has 0 N–H and O–H groups in total. The summed E-state index contributed by atoms with van der Waals surface area (Å²) in [5, 5.41) is 0.888. The lowest BCUT2D eigenvalue weighted by molar-refractivity contribution is 0.171. The Bertz CT molecular complexity index is 1370. The van der Waals surface area contributed by atoms with Crippen molar-refractivity contribution in [3.05, 3.63) is 75.1 Å². The molecule has 0 bridgehead atoms. The standard InChI is InChI=1S/C22H19N3O4/c1-2-24-7-5-17-15(21(24)26)12-16-18(23-17)6-8-25(22(16)27)13-14-3-4-19-20(11-14)29-10-9-28-19/h3-8,11-12H,2,9-10,13H2,1H3. The van der Waals surface area contributed by atoms with Crippen LogP contribution in [0.2, 0.25) is 0 Å². The molecule has 1 aliphatic heterocycles. The zero-order chi connectivity index (χ0) is 20.0. The summed E-state index contributed by atoms with van der Waals surface area (Å²) >= 11 is 0. The summed E-state index contributed by atoms with van der Waals surface area (Å²) in [7, 11) is 0. The van der Waals surface area contributed by atoms with E-state index in [9.17, 15) is 9.59 Å². The highest BCUT2D eigenvalue weighted by atomic mass is 16.6. The van der Waals surface area contributed by atoms with E-state index < -0.39 is 0 Å². The van der Waals surface area contributed by atoms with Gasteiger partial charge in [0.05, 0.1) is 28.4 Å². The molecule has 0 saturated carbocycles. The van der Waals surface area contributed by atoms with Crippen molar-refractivity contribution in [1.82, 2.24) is 14.1 Å². The van der Waals surface area contributed by atoms with E-state index in [0.29, 0.717) is 59.6 Å². The van der Waals surface area contributed by atoms with Crippen molar-refractivity contribution in [2.75, 3.05) is 13.2 Å². The van der Waals surface area contributed by atoms with Crippen LogP contribution in [0.25, 0.3) is 21.8 Å². The van der Waals surface area contributed by atoms with Gasteiger partial charge in [0.2, 0.25) is 0 Å². The van der Waals surface area contributed by atoms with Crippen LogP contribution in [-0.4, -0.2) is 27.3 Å². The Kier molecular flexibility index (Phi) is 4.08. The number of nitrogens with zero attached hydrogens (tertiary/aromatic N) is 3. The summed E-state index contributed by atoms with van der Waals surface area (Å²) in [6.07, 6.45) is 3.46. The molecule has 0 spiro atoms. The summed E-state index contributed by atoms with van der Waals surface area (Å²) in [5.74, 6) is 1.41. The molecule has 5 rings (SSSR count). The van der Waals surface area contributed by atoms with Gasteiger partial charge >= 0.3 is 0 Å². The van der Waals surface area contributed by atoms with Crippen molar-refractivity contribution < 1.29 is 9.47 Å². The van der Waals surface area contributed by atoms with E-state index in [0.717, 1.165) is 5.56 Å². The number of aryl methyl sites for hydroxylation is 1. The van der Waals surface area contributed by atoms with E-state index >= 15 is 0 Å². The van der Waals surface area contributed by atoms with Crippen LogP contribution >= 0.6 is 0 Å².